The third-order valence-electron chi connectivity index (χ3n) is 3.47. The summed E-state index contributed by atoms with van der Waals surface area (Å²) in [7, 11) is 1.83. The first-order chi connectivity index (χ1) is 8.63. The average Bonchev–Trinajstić information content (AvgIpc) is 2.65. The summed E-state index contributed by atoms with van der Waals surface area (Å²) in [6.45, 7) is 2.84. The molecule has 2 rings (SSSR count). The highest BCUT2D eigenvalue weighted by atomic mass is 16.2. The number of amides is 1. The van der Waals surface area contributed by atoms with Crippen LogP contribution in [0.15, 0.2) is 24.3 Å². The van der Waals surface area contributed by atoms with Crippen molar-refractivity contribution in [3.63, 3.8) is 0 Å². The van der Waals surface area contributed by atoms with Gasteiger partial charge in [0, 0.05) is 12.7 Å². The van der Waals surface area contributed by atoms with Crippen LogP contribution in [0.1, 0.15) is 30.9 Å². The monoisotopic (exact) mass is 244 g/mol. The maximum absolute atomic E-state index is 11.6. The zero-order valence-electron chi connectivity index (χ0n) is 11.1. The summed E-state index contributed by atoms with van der Waals surface area (Å²) in [5.41, 5.74) is 10.1. The summed E-state index contributed by atoms with van der Waals surface area (Å²) < 4.78 is 0. The highest BCUT2D eigenvalue weighted by Crippen LogP contribution is 2.30. The quantitative estimate of drug-likeness (QED) is 0.826. The van der Waals surface area contributed by atoms with Gasteiger partial charge in [-0.2, -0.15) is 0 Å². The second-order valence-electron chi connectivity index (χ2n) is 4.79. The van der Waals surface area contributed by atoms with Gasteiger partial charge in [-0.25, -0.2) is 0 Å². The Bertz CT molecular complexity index is 491. The van der Waals surface area contributed by atoms with Gasteiger partial charge in [0.25, 0.3) is 0 Å². The fraction of sp³-hybridized carbons (Fsp3) is 0.400. The van der Waals surface area contributed by atoms with E-state index in [9.17, 15) is 4.79 Å². The molecule has 0 saturated carbocycles. The van der Waals surface area contributed by atoms with Crippen molar-refractivity contribution >= 4 is 17.2 Å². The summed E-state index contributed by atoms with van der Waals surface area (Å²) in [6, 6.07) is 6.25. The standard InChI is InChI=1S/C15H20N2O/c1-11(5-3-4-8-16)12-6-7-14-13(9-12)10-15(18)17(14)2/h5-7,9H,3-4,8,10,16H2,1-2H3/b11-5+. The van der Waals surface area contributed by atoms with Crippen LogP contribution in [0, 0.1) is 0 Å². The molecular weight excluding hydrogens is 224 g/mol. The number of hydrogen-bond donors (Lipinski definition) is 1. The highest BCUT2D eigenvalue weighted by molar-refractivity contribution is 6.01. The predicted molar refractivity (Wildman–Crippen MR) is 75.5 cm³/mol. The van der Waals surface area contributed by atoms with Gasteiger partial charge in [-0.3, -0.25) is 4.79 Å². The summed E-state index contributed by atoms with van der Waals surface area (Å²) in [5, 5.41) is 0. The van der Waals surface area contributed by atoms with Gasteiger partial charge in [-0.1, -0.05) is 12.1 Å². The predicted octanol–water partition coefficient (Wildman–Crippen LogP) is 2.35. The zero-order chi connectivity index (χ0) is 13.1. The van der Waals surface area contributed by atoms with Gasteiger partial charge >= 0.3 is 0 Å². The molecule has 18 heavy (non-hydrogen) atoms. The molecule has 0 saturated heterocycles. The van der Waals surface area contributed by atoms with Crippen molar-refractivity contribution in [1.29, 1.82) is 0 Å². The molecule has 1 aliphatic heterocycles. The summed E-state index contributed by atoms with van der Waals surface area (Å²) in [6.07, 6.45) is 4.77. The van der Waals surface area contributed by atoms with Crippen molar-refractivity contribution in [3.05, 3.63) is 35.4 Å². The van der Waals surface area contributed by atoms with E-state index < -0.39 is 0 Å². The Kier molecular flexibility index (Phi) is 3.82. The molecule has 0 unspecified atom stereocenters. The van der Waals surface area contributed by atoms with Gasteiger partial charge < -0.3 is 10.6 Å². The van der Waals surface area contributed by atoms with Crippen LogP contribution >= 0.6 is 0 Å². The minimum atomic E-state index is 0.173. The van der Waals surface area contributed by atoms with Crippen molar-refractivity contribution in [2.45, 2.75) is 26.2 Å². The number of rotatable bonds is 4. The Balaban J connectivity index is 2.20. The summed E-state index contributed by atoms with van der Waals surface area (Å²) in [4.78, 5) is 13.3. The van der Waals surface area contributed by atoms with Crippen LogP contribution in [-0.2, 0) is 11.2 Å². The lowest BCUT2D eigenvalue weighted by Gasteiger charge is -2.10. The number of allylic oxidation sites excluding steroid dienone is 2. The van der Waals surface area contributed by atoms with Crippen LogP contribution in [0.5, 0.6) is 0 Å². The molecule has 3 heteroatoms. The summed E-state index contributed by atoms with van der Waals surface area (Å²) in [5.74, 6) is 0.173. The van der Waals surface area contributed by atoms with Crippen LogP contribution < -0.4 is 10.6 Å². The van der Waals surface area contributed by atoms with E-state index in [0.717, 1.165) is 30.6 Å². The molecule has 0 atom stereocenters. The van der Waals surface area contributed by atoms with Gasteiger partial charge in [-0.05, 0) is 55.1 Å². The molecule has 0 radical (unpaired) electrons. The Morgan fingerprint density at radius 3 is 3.00 bits per heavy atom. The van der Waals surface area contributed by atoms with Crippen LogP contribution in [-0.4, -0.2) is 19.5 Å². The molecule has 0 aromatic heterocycles. The minimum Gasteiger partial charge on any atom is -0.330 e. The van der Waals surface area contributed by atoms with Gasteiger partial charge in [0.15, 0.2) is 0 Å². The first kappa shape index (κ1) is 12.8. The van der Waals surface area contributed by atoms with E-state index in [1.54, 1.807) is 4.90 Å². The van der Waals surface area contributed by atoms with Crippen LogP contribution in [0.3, 0.4) is 0 Å². The third kappa shape index (κ3) is 2.46. The maximum Gasteiger partial charge on any atom is 0.231 e. The van der Waals surface area contributed by atoms with E-state index in [0.29, 0.717) is 6.42 Å². The van der Waals surface area contributed by atoms with E-state index in [1.165, 1.54) is 11.1 Å². The molecular formula is C15H20N2O. The number of likely N-dealkylation sites (N-methyl/N-ethyl adjacent to an activating group) is 1. The lowest BCUT2D eigenvalue weighted by Crippen LogP contribution is -2.20. The minimum absolute atomic E-state index is 0.173. The molecule has 3 nitrogen and oxygen atoms in total. The fourth-order valence-electron chi connectivity index (χ4n) is 2.27. The van der Waals surface area contributed by atoms with E-state index in [2.05, 4.69) is 25.1 Å². The average molecular weight is 244 g/mol. The smallest absolute Gasteiger partial charge is 0.231 e. The molecule has 0 bridgehead atoms. The normalized spacial score (nSPS) is 15.2. The topological polar surface area (TPSA) is 46.3 Å². The molecule has 1 heterocycles. The Hall–Kier alpha value is -1.61. The van der Waals surface area contributed by atoms with E-state index >= 15 is 0 Å². The van der Waals surface area contributed by atoms with Crippen molar-refractivity contribution in [2.24, 2.45) is 5.73 Å². The molecule has 96 valence electrons. The van der Waals surface area contributed by atoms with E-state index in [-0.39, 0.29) is 5.91 Å². The van der Waals surface area contributed by atoms with Gasteiger partial charge in [0.2, 0.25) is 5.91 Å². The lowest BCUT2D eigenvalue weighted by molar-refractivity contribution is -0.117. The first-order valence-corrected chi connectivity index (χ1v) is 6.40. The van der Waals surface area contributed by atoms with Crippen molar-refractivity contribution in [1.82, 2.24) is 0 Å². The number of benzene rings is 1. The Labute approximate surface area is 108 Å². The van der Waals surface area contributed by atoms with Crippen molar-refractivity contribution < 1.29 is 4.79 Å². The number of nitrogens with two attached hydrogens (primary N) is 1. The van der Waals surface area contributed by atoms with E-state index in [4.69, 9.17) is 5.73 Å². The first-order valence-electron chi connectivity index (χ1n) is 6.40. The second-order valence-corrected chi connectivity index (χ2v) is 4.79. The number of nitrogens with zero attached hydrogens (tertiary/aromatic N) is 1. The molecule has 2 N–H and O–H groups in total. The number of carbonyl (C=O) groups excluding carboxylic acids is 1. The Morgan fingerprint density at radius 1 is 1.50 bits per heavy atom. The largest absolute Gasteiger partial charge is 0.330 e. The number of anilines is 1. The molecule has 1 aromatic rings. The number of carbonyl (C=O) groups is 1. The van der Waals surface area contributed by atoms with Gasteiger partial charge in [0.05, 0.1) is 6.42 Å². The molecule has 0 spiro atoms. The molecule has 1 aliphatic rings. The summed E-state index contributed by atoms with van der Waals surface area (Å²) >= 11 is 0. The third-order valence-corrected chi connectivity index (χ3v) is 3.47. The fourth-order valence-corrected chi connectivity index (χ4v) is 2.27. The number of fused-ring (bicyclic) bond motifs is 1. The highest BCUT2D eigenvalue weighted by Gasteiger charge is 2.23. The zero-order valence-corrected chi connectivity index (χ0v) is 11.1. The van der Waals surface area contributed by atoms with Gasteiger partial charge in [-0.15, -0.1) is 0 Å². The lowest BCUT2D eigenvalue weighted by atomic mass is 10.0. The van der Waals surface area contributed by atoms with Crippen LogP contribution in [0.2, 0.25) is 0 Å². The van der Waals surface area contributed by atoms with Gasteiger partial charge in [0.1, 0.15) is 0 Å². The molecule has 1 amide bonds. The van der Waals surface area contributed by atoms with Crippen molar-refractivity contribution in [3.8, 4) is 0 Å². The molecule has 0 aliphatic carbocycles. The Morgan fingerprint density at radius 2 is 2.28 bits per heavy atom. The number of hydrogen-bond acceptors (Lipinski definition) is 2. The van der Waals surface area contributed by atoms with Crippen molar-refractivity contribution in [2.75, 3.05) is 18.5 Å². The van der Waals surface area contributed by atoms with Crippen LogP contribution in [0.4, 0.5) is 5.69 Å². The number of unbranched alkanes of at least 4 members (excludes halogenated alkanes) is 1. The van der Waals surface area contributed by atoms with E-state index in [1.807, 2.05) is 13.1 Å². The SMILES string of the molecule is C/C(=C\CCCN)c1ccc2c(c1)CC(=O)N2C. The molecule has 1 aromatic carbocycles. The van der Waals surface area contributed by atoms with Crippen LogP contribution in [0.25, 0.3) is 5.57 Å². The molecule has 0 fully saturated rings. The second kappa shape index (κ2) is 5.36. The maximum atomic E-state index is 11.6.